The van der Waals surface area contributed by atoms with E-state index in [0.717, 1.165) is 29.3 Å². The molecule has 66 valence electrons. The van der Waals surface area contributed by atoms with E-state index in [-0.39, 0.29) is 5.91 Å². The lowest BCUT2D eigenvalue weighted by atomic mass is 10.1. The summed E-state index contributed by atoms with van der Waals surface area (Å²) in [4.78, 5) is 11.1. The van der Waals surface area contributed by atoms with E-state index in [0.29, 0.717) is 6.42 Å². The van der Waals surface area contributed by atoms with Crippen molar-refractivity contribution >= 4 is 23.0 Å². The van der Waals surface area contributed by atoms with E-state index in [1.807, 2.05) is 12.1 Å². The molecule has 2 aliphatic heterocycles. The second kappa shape index (κ2) is 2.16. The summed E-state index contributed by atoms with van der Waals surface area (Å²) in [6, 6.07) is 4.01. The largest absolute Gasteiger partial charge is 0.366 e. The van der Waals surface area contributed by atoms with Crippen LogP contribution in [0.3, 0.4) is 0 Å². The highest BCUT2D eigenvalue weighted by molar-refractivity contribution is 6.01. The number of anilines is 3. The lowest BCUT2D eigenvalue weighted by molar-refractivity contribution is -0.115. The molecule has 0 aliphatic carbocycles. The average molecular weight is 175 g/mol. The summed E-state index contributed by atoms with van der Waals surface area (Å²) in [5.74, 6) is 0.0821. The normalized spacial score (nSPS) is 17.1. The van der Waals surface area contributed by atoms with Gasteiger partial charge in [-0.2, -0.15) is 0 Å². The van der Waals surface area contributed by atoms with Crippen molar-refractivity contribution in [3.63, 3.8) is 0 Å². The first kappa shape index (κ1) is 6.77. The fraction of sp³-hybridized carbons (Fsp3) is 0.222. The third-order valence-corrected chi connectivity index (χ3v) is 2.43. The van der Waals surface area contributed by atoms with E-state index in [1.165, 1.54) is 0 Å². The van der Waals surface area contributed by atoms with Crippen LogP contribution in [0.15, 0.2) is 12.1 Å². The fourth-order valence-corrected chi connectivity index (χ4v) is 1.80. The maximum absolute atomic E-state index is 11.1. The Hall–Kier alpha value is -1.71. The van der Waals surface area contributed by atoms with E-state index >= 15 is 0 Å². The molecule has 0 saturated carbocycles. The first-order chi connectivity index (χ1) is 6.33. The van der Waals surface area contributed by atoms with E-state index in [1.54, 1.807) is 0 Å². The minimum absolute atomic E-state index is 0.0821. The SMILES string of the molecule is O=C1Cc2cc3c(cc2N1)NCN3. The van der Waals surface area contributed by atoms with E-state index in [4.69, 9.17) is 0 Å². The Morgan fingerprint density at radius 2 is 1.85 bits per heavy atom. The van der Waals surface area contributed by atoms with Crippen LogP contribution in [0.2, 0.25) is 0 Å². The van der Waals surface area contributed by atoms with Crippen LogP contribution in [-0.4, -0.2) is 12.6 Å². The van der Waals surface area contributed by atoms with Gasteiger partial charge in [0.1, 0.15) is 0 Å². The van der Waals surface area contributed by atoms with E-state index in [9.17, 15) is 4.79 Å². The van der Waals surface area contributed by atoms with Crippen molar-refractivity contribution in [1.29, 1.82) is 0 Å². The Bertz CT molecular complexity index is 365. The van der Waals surface area contributed by atoms with Crippen molar-refractivity contribution in [3.05, 3.63) is 17.7 Å². The summed E-state index contributed by atoms with van der Waals surface area (Å²) in [7, 11) is 0. The molecule has 0 saturated heterocycles. The minimum Gasteiger partial charge on any atom is -0.366 e. The molecule has 4 nitrogen and oxygen atoms in total. The second-order valence-corrected chi connectivity index (χ2v) is 3.31. The van der Waals surface area contributed by atoms with Gasteiger partial charge in [-0.25, -0.2) is 0 Å². The molecular weight excluding hydrogens is 166 g/mol. The van der Waals surface area contributed by atoms with Gasteiger partial charge in [0.15, 0.2) is 0 Å². The summed E-state index contributed by atoms with van der Waals surface area (Å²) < 4.78 is 0. The van der Waals surface area contributed by atoms with Gasteiger partial charge in [-0.1, -0.05) is 0 Å². The number of carbonyl (C=O) groups excluding carboxylic acids is 1. The van der Waals surface area contributed by atoms with Gasteiger partial charge in [-0.3, -0.25) is 4.79 Å². The van der Waals surface area contributed by atoms with Gasteiger partial charge in [-0.15, -0.1) is 0 Å². The van der Waals surface area contributed by atoms with Crippen LogP contribution in [0, 0.1) is 0 Å². The first-order valence-corrected chi connectivity index (χ1v) is 4.27. The number of amides is 1. The maximum atomic E-state index is 11.1. The second-order valence-electron chi connectivity index (χ2n) is 3.31. The highest BCUT2D eigenvalue weighted by Crippen LogP contribution is 2.35. The smallest absolute Gasteiger partial charge is 0.228 e. The fourth-order valence-electron chi connectivity index (χ4n) is 1.80. The van der Waals surface area contributed by atoms with Crippen LogP contribution in [0.5, 0.6) is 0 Å². The zero-order valence-electron chi connectivity index (χ0n) is 6.98. The molecule has 3 rings (SSSR count). The molecule has 13 heavy (non-hydrogen) atoms. The van der Waals surface area contributed by atoms with Gasteiger partial charge in [0.25, 0.3) is 0 Å². The van der Waals surface area contributed by atoms with Crippen LogP contribution in [0.1, 0.15) is 5.56 Å². The quantitative estimate of drug-likeness (QED) is 0.551. The summed E-state index contributed by atoms with van der Waals surface area (Å²) in [6.45, 7) is 0.770. The zero-order chi connectivity index (χ0) is 8.84. The molecule has 1 amide bonds. The van der Waals surface area contributed by atoms with Crippen molar-refractivity contribution in [1.82, 2.24) is 0 Å². The molecule has 0 radical (unpaired) electrons. The third kappa shape index (κ3) is 0.884. The molecular formula is C9H9N3O. The molecule has 0 atom stereocenters. The third-order valence-electron chi connectivity index (χ3n) is 2.43. The summed E-state index contributed by atoms with van der Waals surface area (Å²) in [6.07, 6.45) is 0.504. The molecule has 3 N–H and O–H groups in total. The Balaban J connectivity index is 2.15. The monoisotopic (exact) mass is 175 g/mol. The standard InChI is InChI=1S/C9H9N3O/c13-9-2-5-1-7-8(11-4-10-7)3-6(5)12-9/h1,3,10-11H,2,4H2,(H,12,13). The van der Waals surface area contributed by atoms with Gasteiger partial charge < -0.3 is 16.0 Å². The number of hydrogen-bond donors (Lipinski definition) is 3. The predicted octanol–water partition coefficient (Wildman–Crippen LogP) is 0.976. The molecule has 1 aromatic carbocycles. The van der Waals surface area contributed by atoms with Crippen LogP contribution in [-0.2, 0) is 11.2 Å². The lowest BCUT2D eigenvalue weighted by Gasteiger charge is -2.02. The summed E-state index contributed by atoms with van der Waals surface area (Å²) >= 11 is 0. The van der Waals surface area contributed by atoms with Crippen molar-refractivity contribution in [3.8, 4) is 0 Å². The molecule has 0 fully saturated rings. The first-order valence-electron chi connectivity index (χ1n) is 4.27. The number of carbonyl (C=O) groups is 1. The molecule has 0 spiro atoms. The van der Waals surface area contributed by atoms with Gasteiger partial charge in [0.05, 0.1) is 24.5 Å². The molecule has 1 aromatic rings. The number of hydrogen-bond acceptors (Lipinski definition) is 3. The number of nitrogens with one attached hydrogen (secondary N) is 3. The highest BCUT2D eigenvalue weighted by atomic mass is 16.1. The maximum Gasteiger partial charge on any atom is 0.228 e. The van der Waals surface area contributed by atoms with E-state index < -0.39 is 0 Å². The van der Waals surface area contributed by atoms with Crippen LogP contribution in [0.25, 0.3) is 0 Å². The van der Waals surface area contributed by atoms with Gasteiger partial charge in [0, 0.05) is 5.69 Å². The summed E-state index contributed by atoms with van der Waals surface area (Å²) in [5, 5.41) is 9.20. The van der Waals surface area contributed by atoms with Crippen LogP contribution in [0.4, 0.5) is 17.1 Å². The highest BCUT2D eigenvalue weighted by Gasteiger charge is 2.21. The predicted molar refractivity (Wildman–Crippen MR) is 50.9 cm³/mol. The minimum atomic E-state index is 0.0821. The molecule has 4 heteroatoms. The van der Waals surface area contributed by atoms with Crippen molar-refractivity contribution in [2.75, 3.05) is 22.6 Å². The number of benzene rings is 1. The van der Waals surface area contributed by atoms with Gasteiger partial charge in [0.2, 0.25) is 5.91 Å². The average Bonchev–Trinajstić information content (AvgIpc) is 2.63. The van der Waals surface area contributed by atoms with Crippen molar-refractivity contribution in [2.45, 2.75) is 6.42 Å². The van der Waals surface area contributed by atoms with Crippen LogP contribution >= 0.6 is 0 Å². The van der Waals surface area contributed by atoms with E-state index in [2.05, 4.69) is 16.0 Å². The van der Waals surface area contributed by atoms with Crippen LogP contribution < -0.4 is 16.0 Å². The molecule has 0 unspecified atom stereocenters. The van der Waals surface area contributed by atoms with Gasteiger partial charge >= 0.3 is 0 Å². The van der Waals surface area contributed by atoms with Gasteiger partial charge in [-0.05, 0) is 17.7 Å². The Morgan fingerprint density at radius 3 is 2.69 bits per heavy atom. The Labute approximate surface area is 75.3 Å². The Kier molecular flexibility index (Phi) is 1.12. The Morgan fingerprint density at radius 1 is 1.08 bits per heavy atom. The number of fused-ring (bicyclic) bond motifs is 2. The molecule has 0 aromatic heterocycles. The topological polar surface area (TPSA) is 53.2 Å². The summed E-state index contributed by atoms with van der Waals surface area (Å²) in [5.41, 5.74) is 4.19. The molecule has 0 bridgehead atoms. The number of rotatable bonds is 0. The van der Waals surface area contributed by atoms with Crippen molar-refractivity contribution < 1.29 is 4.79 Å². The van der Waals surface area contributed by atoms with Crippen molar-refractivity contribution in [2.24, 2.45) is 0 Å². The molecule has 2 heterocycles. The molecule has 2 aliphatic rings. The lowest BCUT2D eigenvalue weighted by Crippen LogP contribution is -2.04. The zero-order valence-corrected chi connectivity index (χ0v) is 6.98.